The summed E-state index contributed by atoms with van der Waals surface area (Å²) in [7, 11) is 0. The van der Waals surface area contributed by atoms with Crippen LogP contribution < -0.4 is 10.6 Å². The first-order chi connectivity index (χ1) is 16.0. The minimum absolute atomic E-state index is 0.0619. The number of halogens is 2. The van der Waals surface area contributed by atoms with Crippen molar-refractivity contribution in [2.45, 2.75) is 84.2 Å². The van der Waals surface area contributed by atoms with Crippen molar-refractivity contribution in [1.29, 1.82) is 0 Å². The third-order valence-electron chi connectivity index (χ3n) is 6.02. The number of carbonyl (C=O) groups is 2. The lowest BCUT2D eigenvalue weighted by Crippen LogP contribution is -2.50. The molecule has 1 fully saturated rings. The second-order valence-corrected chi connectivity index (χ2v) is 11.0. The monoisotopic (exact) mass is 507 g/mol. The summed E-state index contributed by atoms with van der Waals surface area (Å²) in [6.07, 6.45) is 5.44. The van der Waals surface area contributed by atoms with E-state index >= 15 is 0 Å². The molecule has 1 aliphatic carbocycles. The highest BCUT2D eigenvalue weighted by atomic mass is 35.5. The summed E-state index contributed by atoms with van der Waals surface area (Å²) < 4.78 is 1.64. The Balaban J connectivity index is 1.79. The van der Waals surface area contributed by atoms with Crippen LogP contribution in [0.1, 0.15) is 72.4 Å². The van der Waals surface area contributed by atoms with E-state index in [4.69, 9.17) is 28.3 Å². The zero-order chi connectivity index (χ0) is 25.0. The number of carbonyl (C=O) groups excluding carboxylic acids is 2. The first-order valence-electron chi connectivity index (χ1n) is 11.9. The SMILES string of the molecule is CC(C)N(CC(=O)Nc1cc(C(C)(C)C)nn1-c1ccc(Cl)c(Cl)c1)C(=O)NC1CCCCC1. The molecule has 1 saturated carbocycles. The molecule has 0 bridgehead atoms. The first kappa shape index (κ1) is 26.4. The Kier molecular flexibility index (Phi) is 8.52. The number of urea groups is 1. The lowest BCUT2D eigenvalue weighted by atomic mass is 9.92. The van der Waals surface area contributed by atoms with Crippen molar-refractivity contribution in [3.63, 3.8) is 0 Å². The van der Waals surface area contributed by atoms with Crippen LogP contribution in [0.15, 0.2) is 24.3 Å². The van der Waals surface area contributed by atoms with Crippen molar-refractivity contribution in [3.8, 4) is 5.69 Å². The molecule has 0 radical (unpaired) electrons. The van der Waals surface area contributed by atoms with Crippen LogP contribution in [0.25, 0.3) is 5.69 Å². The summed E-state index contributed by atoms with van der Waals surface area (Å²) in [6, 6.07) is 6.89. The van der Waals surface area contributed by atoms with E-state index in [9.17, 15) is 9.59 Å². The zero-order valence-corrected chi connectivity index (χ0v) is 22.1. The smallest absolute Gasteiger partial charge is 0.318 e. The second-order valence-electron chi connectivity index (χ2n) is 10.2. The number of amides is 3. The molecule has 3 rings (SSSR count). The minimum Gasteiger partial charge on any atom is -0.335 e. The van der Waals surface area contributed by atoms with Crippen molar-refractivity contribution in [2.24, 2.45) is 0 Å². The molecule has 3 amide bonds. The minimum atomic E-state index is -0.297. The Hall–Kier alpha value is -2.25. The van der Waals surface area contributed by atoms with E-state index in [0.717, 1.165) is 31.4 Å². The van der Waals surface area contributed by atoms with E-state index in [0.29, 0.717) is 21.6 Å². The largest absolute Gasteiger partial charge is 0.335 e. The van der Waals surface area contributed by atoms with Gasteiger partial charge in [0.15, 0.2) is 0 Å². The third-order valence-corrected chi connectivity index (χ3v) is 6.76. The van der Waals surface area contributed by atoms with Gasteiger partial charge in [0.05, 0.1) is 21.4 Å². The van der Waals surface area contributed by atoms with Crippen LogP contribution in [0.2, 0.25) is 10.0 Å². The Morgan fingerprint density at radius 2 is 1.79 bits per heavy atom. The van der Waals surface area contributed by atoms with E-state index in [1.54, 1.807) is 27.8 Å². The standard InChI is InChI=1S/C25H35Cl2N5O2/c1-16(2)31(24(34)28-17-9-7-6-8-10-17)15-23(33)29-22-14-21(25(3,4)5)30-32(22)18-11-12-19(26)20(27)13-18/h11-14,16-17H,6-10,15H2,1-5H3,(H,28,34)(H,29,33). The molecule has 186 valence electrons. The molecule has 0 unspecified atom stereocenters. The fourth-order valence-corrected chi connectivity index (χ4v) is 4.27. The number of benzene rings is 1. The molecular weight excluding hydrogens is 473 g/mol. The average Bonchev–Trinajstić information content (AvgIpc) is 3.18. The number of rotatable bonds is 6. The summed E-state index contributed by atoms with van der Waals surface area (Å²) >= 11 is 12.3. The van der Waals surface area contributed by atoms with E-state index in [1.165, 1.54) is 6.42 Å². The topological polar surface area (TPSA) is 79.3 Å². The van der Waals surface area contributed by atoms with Gasteiger partial charge in [-0.25, -0.2) is 9.48 Å². The van der Waals surface area contributed by atoms with Crippen molar-refractivity contribution in [2.75, 3.05) is 11.9 Å². The van der Waals surface area contributed by atoms with Crippen LogP contribution in [0.4, 0.5) is 10.6 Å². The molecule has 0 spiro atoms. The molecular formula is C25H35Cl2N5O2. The Morgan fingerprint density at radius 3 is 2.38 bits per heavy atom. The molecule has 9 heteroatoms. The van der Waals surface area contributed by atoms with Gasteiger partial charge in [-0.15, -0.1) is 0 Å². The maximum atomic E-state index is 13.1. The summed E-state index contributed by atoms with van der Waals surface area (Å²) in [5, 5.41) is 11.6. The molecule has 1 heterocycles. The highest BCUT2D eigenvalue weighted by Crippen LogP contribution is 2.29. The number of anilines is 1. The fraction of sp³-hybridized carbons (Fsp3) is 0.560. The van der Waals surface area contributed by atoms with Gasteiger partial charge in [0, 0.05) is 23.6 Å². The van der Waals surface area contributed by atoms with Crippen LogP contribution in [0, 0.1) is 0 Å². The lowest BCUT2D eigenvalue weighted by molar-refractivity contribution is -0.117. The first-order valence-corrected chi connectivity index (χ1v) is 12.6. The van der Waals surface area contributed by atoms with E-state index in [2.05, 4.69) is 31.4 Å². The molecule has 1 aromatic heterocycles. The third kappa shape index (κ3) is 6.66. The normalized spacial score (nSPS) is 14.8. The number of hydrogen-bond acceptors (Lipinski definition) is 3. The highest BCUT2D eigenvalue weighted by molar-refractivity contribution is 6.42. The van der Waals surface area contributed by atoms with Crippen molar-refractivity contribution < 1.29 is 9.59 Å². The summed E-state index contributed by atoms with van der Waals surface area (Å²) in [5.41, 5.74) is 1.26. The number of nitrogens with zero attached hydrogens (tertiary/aromatic N) is 3. The Labute approximate surface area is 212 Å². The van der Waals surface area contributed by atoms with Gasteiger partial charge in [-0.05, 0) is 44.9 Å². The quantitative estimate of drug-likeness (QED) is 0.490. The summed E-state index contributed by atoms with van der Waals surface area (Å²) in [5.74, 6) is 0.207. The van der Waals surface area contributed by atoms with Crippen molar-refractivity contribution >= 4 is 41.0 Å². The van der Waals surface area contributed by atoms with Gasteiger partial charge >= 0.3 is 6.03 Å². The van der Waals surface area contributed by atoms with Crippen molar-refractivity contribution in [3.05, 3.63) is 40.0 Å². The van der Waals surface area contributed by atoms with E-state index in [-0.39, 0.29) is 36.0 Å². The fourth-order valence-electron chi connectivity index (χ4n) is 3.98. The lowest BCUT2D eigenvalue weighted by Gasteiger charge is -2.30. The Morgan fingerprint density at radius 1 is 1.12 bits per heavy atom. The maximum Gasteiger partial charge on any atom is 0.318 e. The van der Waals surface area contributed by atoms with Crippen LogP contribution in [-0.2, 0) is 10.2 Å². The van der Waals surface area contributed by atoms with Crippen molar-refractivity contribution in [1.82, 2.24) is 20.0 Å². The molecule has 0 aliphatic heterocycles. The number of aromatic nitrogens is 2. The molecule has 2 aromatic rings. The molecule has 34 heavy (non-hydrogen) atoms. The van der Waals surface area contributed by atoms with Crippen LogP contribution in [-0.4, -0.2) is 45.2 Å². The second kappa shape index (κ2) is 11.0. The van der Waals surface area contributed by atoms with Gasteiger partial charge in [0.1, 0.15) is 12.4 Å². The van der Waals surface area contributed by atoms with Gasteiger partial charge < -0.3 is 15.5 Å². The molecule has 1 aliphatic rings. The van der Waals surface area contributed by atoms with E-state index < -0.39 is 0 Å². The molecule has 2 N–H and O–H groups in total. The van der Waals surface area contributed by atoms with Crippen LogP contribution >= 0.6 is 23.2 Å². The van der Waals surface area contributed by atoms with Gasteiger partial charge in [0.2, 0.25) is 5.91 Å². The molecule has 0 atom stereocenters. The van der Waals surface area contributed by atoms with Crippen LogP contribution in [0.3, 0.4) is 0 Å². The highest BCUT2D eigenvalue weighted by Gasteiger charge is 2.26. The molecule has 1 aromatic carbocycles. The van der Waals surface area contributed by atoms with E-state index in [1.807, 2.05) is 19.9 Å². The summed E-state index contributed by atoms with van der Waals surface area (Å²) in [6.45, 7) is 9.91. The predicted molar refractivity (Wildman–Crippen MR) is 138 cm³/mol. The Bertz CT molecular complexity index is 1020. The maximum absolute atomic E-state index is 13.1. The van der Waals surface area contributed by atoms with Gasteiger partial charge in [-0.1, -0.05) is 63.2 Å². The van der Waals surface area contributed by atoms with Gasteiger partial charge in [0.25, 0.3) is 0 Å². The van der Waals surface area contributed by atoms with Gasteiger partial charge in [-0.3, -0.25) is 4.79 Å². The average molecular weight is 508 g/mol. The zero-order valence-electron chi connectivity index (χ0n) is 20.6. The summed E-state index contributed by atoms with van der Waals surface area (Å²) in [4.78, 5) is 27.6. The molecule has 7 nitrogen and oxygen atoms in total. The molecule has 0 saturated heterocycles. The van der Waals surface area contributed by atoms with Crippen LogP contribution in [0.5, 0.6) is 0 Å². The predicted octanol–water partition coefficient (Wildman–Crippen LogP) is 6.17. The van der Waals surface area contributed by atoms with Gasteiger partial charge in [-0.2, -0.15) is 5.10 Å². The number of nitrogens with one attached hydrogen (secondary N) is 2. The number of hydrogen-bond donors (Lipinski definition) is 2.